The first-order chi connectivity index (χ1) is 10.5. The minimum Gasteiger partial charge on any atom is -0.302 e. The predicted molar refractivity (Wildman–Crippen MR) is 86.9 cm³/mol. The third kappa shape index (κ3) is 2.84. The average Bonchev–Trinajstić information content (AvgIpc) is 2.76. The minimum absolute atomic E-state index is 0.201. The molecule has 1 N–H and O–H groups in total. The minimum atomic E-state index is -0.507. The van der Waals surface area contributed by atoms with Crippen LogP contribution in [0.1, 0.15) is 5.56 Å². The highest BCUT2D eigenvalue weighted by molar-refractivity contribution is 6.32. The van der Waals surface area contributed by atoms with E-state index in [0.29, 0.717) is 15.7 Å². The van der Waals surface area contributed by atoms with Crippen molar-refractivity contribution in [3.8, 4) is 0 Å². The number of urea groups is 1. The van der Waals surface area contributed by atoms with Gasteiger partial charge in [0.1, 0.15) is 5.70 Å². The highest BCUT2D eigenvalue weighted by Gasteiger charge is 2.34. The number of hydrogen-bond donors (Lipinski definition) is 1. The Labute approximate surface area is 136 Å². The van der Waals surface area contributed by atoms with Gasteiger partial charge in [-0.15, -0.1) is 0 Å². The molecule has 4 nitrogen and oxygen atoms in total. The largest absolute Gasteiger partial charge is 0.333 e. The van der Waals surface area contributed by atoms with Crippen molar-refractivity contribution in [1.29, 1.82) is 0 Å². The lowest BCUT2D eigenvalue weighted by molar-refractivity contribution is -0.113. The molecule has 1 fully saturated rings. The van der Waals surface area contributed by atoms with Crippen LogP contribution in [0, 0.1) is 0 Å². The van der Waals surface area contributed by atoms with Gasteiger partial charge in [0.2, 0.25) is 0 Å². The standard InChI is InChI=1S/C16H10Cl2N2O2/c17-11-6-4-10(5-7-11)8-14-15(21)20(16(22)19-14)13-3-1-2-12(18)9-13/h1-9H,(H,19,22)/b14-8+. The topological polar surface area (TPSA) is 49.4 Å². The van der Waals surface area contributed by atoms with Crippen molar-refractivity contribution >= 4 is 46.9 Å². The number of anilines is 1. The van der Waals surface area contributed by atoms with E-state index in [-0.39, 0.29) is 5.70 Å². The molecule has 22 heavy (non-hydrogen) atoms. The van der Waals surface area contributed by atoms with Gasteiger partial charge in [0, 0.05) is 10.0 Å². The molecule has 6 heteroatoms. The van der Waals surface area contributed by atoms with Crippen molar-refractivity contribution in [2.45, 2.75) is 0 Å². The van der Waals surface area contributed by atoms with E-state index in [9.17, 15) is 9.59 Å². The Balaban J connectivity index is 1.93. The highest BCUT2D eigenvalue weighted by Crippen LogP contribution is 2.25. The molecule has 1 heterocycles. The molecule has 0 aromatic heterocycles. The third-order valence-electron chi connectivity index (χ3n) is 3.13. The molecule has 110 valence electrons. The van der Waals surface area contributed by atoms with Crippen molar-refractivity contribution in [3.63, 3.8) is 0 Å². The van der Waals surface area contributed by atoms with Crippen molar-refractivity contribution in [3.05, 3.63) is 69.8 Å². The number of rotatable bonds is 2. The Bertz CT molecular complexity index is 785. The lowest BCUT2D eigenvalue weighted by Crippen LogP contribution is -2.30. The van der Waals surface area contributed by atoms with Gasteiger partial charge in [-0.05, 0) is 42.0 Å². The summed E-state index contributed by atoms with van der Waals surface area (Å²) >= 11 is 11.7. The first-order valence-electron chi connectivity index (χ1n) is 6.43. The SMILES string of the molecule is O=C1N/C(=C/c2ccc(Cl)cc2)C(=O)N1c1cccc(Cl)c1. The summed E-state index contributed by atoms with van der Waals surface area (Å²) in [7, 11) is 0. The number of hydrogen-bond acceptors (Lipinski definition) is 2. The number of nitrogens with one attached hydrogen (secondary N) is 1. The maximum absolute atomic E-state index is 12.4. The zero-order valence-electron chi connectivity index (χ0n) is 11.2. The van der Waals surface area contributed by atoms with Crippen LogP contribution in [-0.2, 0) is 4.79 Å². The maximum Gasteiger partial charge on any atom is 0.333 e. The molecule has 1 aliphatic heterocycles. The second kappa shape index (κ2) is 5.83. The van der Waals surface area contributed by atoms with Crippen LogP contribution in [0.15, 0.2) is 54.2 Å². The number of nitrogens with zero attached hydrogens (tertiary/aromatic N) is 1. The van der Waals surface area contributed by atoms with Crippen LogP contribution in [0.25, 0.3) is 6.08 Å². The molecule has 1 saturated heterocycles. The second-order valence-corrected chi connectivity index (χ2v) is 5.53. The molecule has 2 aromatic carbocycles. The summed E-state index contributed by atoms with van der Waals surface area (Å²) in [5, 5.41) is 3.61. The Kier molecular flexibility index (Phi) is 3.88. The summed E-state index contributed by atoms with van der Waals surface area (Å²) in [6.45, 7) is 0. The Morgan fingerprint density at radius 3 is 2.36 bits per heavy atom. The van der Waals surface area contributed by atoms with E-state index < -0.39 is 11.9 Å². The quantitative estimate of drug-likeness (QED) is 0.665. The van der Waals surface area contributed by atoms with Crippen LogP contribution < -0.4 is 10.2 Å². The molecule has 0 radical (unpaired) electrons. The van der Waals surface area contributed by atoms with Crippen LogP contribution >= 0.6 is 23.2 Å². The number of benzene rings is 2. The monoisotopic (exact) mass is 332 g/mol. The zero-order valence-corrected chi connectivity index (χ0v) is 12.7. The van der Waals surface area contributed by atoms with Crippen molar-refractivity contribution in [1.82, 2.24) is 5.32 Å². The predicted octanol–water partition coefficient (Wildman–Crippen LogP) is 4.09. The van der Waals surface area contributed by atoms with Crippen molar-refractivity contribution in [2.24, 2.45) is 0 Å². The van der Waals surface area contributed by atoms with Crippen molar-refractivity contribution < 1.29 is 9.59 Å². The van der Waals surface area contributed by atoms with E-state index in [2.05, 4.69) is 5.32 Å². The van der Waals surface area contributed by atoms with Gasteiger partial charge in [0.25, 0.3) is 5.91 Å². The first-order valence-corrected chi connectivity index (χ1v) is 7.18. The molecule has 0 spiro atoms. The second-order valence-electron chi connectivity index (χ2n) is 4.66. The first kappa shape index (κ1) is 14.6. The summed E-state index contributed by atoms with van der Waals surface area (Å²) < 4.78 is 0. The lowest BCUT2D eigenvalue weighted by atomic mass is 10.2. The number of carbonyl (C=O) groups is 2. The van der Waals surface area contributed by atoms with Gasteiger partial charge in [-0.3, -0.25) is 4.79 Å². The molecule has 0 atom stereocenters. The van der Waals surface area contributed by atoms with Gasteiger partial charge in [-0.2, -0.15) is 0 Å². The fraction of sp³-hybridized carbons (Fsp3) is 0. The summed E-state index contributed by atoms with van der Waals surface area (Å²) in [6, 6.07) is 13.0. The number of amides is 3. The molecule has 3 rings (SSSR count). The van der Waals surface area contributed by atoms with E-state index in [1.807, 2.05) is 0 Å². The summed E-state index contributed by atoms with van der Waals surface area (Å²) in [6.07, 6.45) is 1.60. The molecule has 0 bridgehead atoms. The fourth-order valence-corrected chi connectivity index (χ4v) is 2.42. The average molecular weight is 333 g/mol. The summed E-state index contributed by atoms with van der Waals surface area (Å²) in [4.78, 5) is 25.5. The molecular formula is C16H10Cl2N2O2. The van der Waals surface area contributed by atoms with Gasteiger partial charge in [0.15, 0.2) is 0 Å². The number of halogens is 2. The molecule has 0 saturated carbocycles. The van der Waals surface area contributed by atoms with E-state index >= 15 is 0 Å². The molecule has 0 unspecified atom stereocenters. The van der Waals surface area contributed by atoms with E-state index in [1.54, 1.807) is 54.6 Å². The van der Waals surface area contributed by atoms with Crippen LogP contribution in [0.3, 0.4) is 0 Å². The molecule has 3 amide bonds. The highest BCUT2D eigenvalue weighted by atomic mass is 35.5. The maximum atomic E-state index is 12.4. The van der Waals surface area contributed by atoms with Crippen LogP contribution in [0.5, 0.6) is 0 Å². The summed E-state index contributed by atoms with van der Waals surface area (Å²) in [5.41, 5.74) is 1.39. The fourth-order valence-electron chi connectivity index (χ4n) is 2.11. The van der Waals surface area contributed by atoms with Gasteiger partial charge >= 0.3 is 6.03 Å². The van der Waals surface area contributed by atoms with Gasteiger partial charge in [-0.1, -0.05) is 41.4 Å². The molecule has 2 aromatic rings. The molecule has 0 aliphatic carbocycles. The number of carbonyl (C=O) groups excluding carboxylic acids is 2. The number of imide groups is 1. The van der Waals surface area contributed by atoms with Crippen LogP contribution in [-0.4, -0.2) is 11.9 Å². The Hall–Kier alpha value is -2.30. The van der Waals surface area contributed by atoms with Crippen molar-refractivity contribution in [2.75, 3.05) is 4.90 Å². The van der Waals surface area contributed by atoms with Gasteiger partial charge in [0.05, 0.1) is 5.69 Å². The normalized spacial score (nSPS) is 16.3. The molecular weight excluding hydrogens is 323 g/mol. The summed E-state index contributed by atoms with van der Waals surface area (Å²) in [5.74, 6) is -0.429. The van der Waals surface area contributed by atoms with Gasteiger partial charge < -0.3 is 5.32 Å². The zero-order chi connectivity index (χ0) is 15.7. The van der Waals surface area contributed by atoms with Crippen LogP contribution in [0.4, 0.5) is 10.5 Å². The Morgan fingerprint density at radius 2 is 1.68 bits per heavy atom. The molecule has 1 aliphatic rings. The van der Waals surface area contributed by atoms with E-state index in [0.717, 1.165) is 10.5 Å². The van der Waals surface area contributed by atoms with E-state index in [4.69, 9.17) is 23.2 Å². The van der Waals surface area contributed by atoms with E-state index in [1.165, 1.54) is 0 Å². The Morgan fingerprint density at radius 1 is 0.955 bits per heavy atom. The third-order valence-corrected chi connectivity index (χ3v) is 3.61. The van der Waals surface area contributed by atoms with Gasteiger partial charge in [-0.25, -0.2) is 9.69 Å². The smallest absolute Gasteiger partial charge is 0.302 e. The van der Waals surface area contributed by atoms with Crippen LogP contribution in [0.2, 0.25) is 10.0 Å². The lowest BCUT2D eigenvalue weighted by Gasteiger charge is -2.11.